The number of nitrogens with two attached hydrogens (primary N) is 1. The summed E-state index contributed by atoms with van der Waals surface area (Å²) in [5.41, 5.74) is 8.55. The van der Waals surface area contributed by atoms with Gasteiger partial charge in [0.25, 0.3) is 0 Å². The van der Waals surface area contributed by atoms with Crippen LogP contribution in [0.4, 0.5) is 0 Å². The minimum atomic E-state index is 0.269. The molecule has 2 atom stereocenters. The van der Waals surface area contributed by atoms with Crippen molar-refractivity contribution in [3.63, 3.8) is 0 Å². The van der Waals surface area contributed by atoms with E-state index in [1.54, 1.807) is 7.11 Å². The highest BCUT2D eigenvalue weighted by atomic mass is 16.5. The predicted molar refractivity (Wildman–Crippen MR) is 85.2 cm³/mol. The Morgan fingerprint density at radius 2 is 2.29 bits per heavy atom. The summed E-state index contributed by atoms with van der Waals surface area (Å²) < 4.78 is 11.0. The Kier molecular flexibility index (Phi) is 6.64. The van der Waals surface area contributed by atoms with E-state index >= 15 is 0 Å². The fraction of sp³-hybridized carbons (Fsp3) is 0.647. The highest BCUT2D eigenvalue weighted by Crippen LogP contribution is 2.25. The molecule has 2 N–H and O–H groups in total. The summed E-state index contributed by atoms with van der Waals surface area (Å²) in [5.74, 6) is 0. The topological polar surface area (TPSA) is 47.7 Å². The average molecular weight is 292 g/mol. The lowest BCUT2D eigenvalue weighted by atomic mass is 9.99. The maximum atomic E-state index is 6.07. The average Bonchev–Trinajstić information content (AvgIpc) is 2.50. The molecule has 0 radical (unpaired) electrons. The number of ether oxygens (including phenoxy) is 2. The van der Waals surface area contributed by atoms with Crippen molar-refractivity contribution < 1.29 is 9.47 Å². The number of benzene rings is 1. The van der Waals surface area contributed by atoms with Crippen LogP contribution in [0, 0.1) is 0 Å². The molecule has 1 heterocycles. The lowest BCUT2D eigenvalue weighted by Gasteiger charge is -2.38. The predicted octanol–water partition coefficient (Wildman–Crippen LogP) is 2.33. The van der Waals surface area contributed by atoms with Crippen LogP contribution in [0.3, 0.4) is 0 Å². The number of nitrogens with zero attached hydrogens (tertiary/aromatic N) is 1. The molecule has 4 nitrogen and oxygen atoms in total. The summed E-state index contributed by atoms with van der Waals surface area (Å²) in [5, 5.41) is 0. The van der Waals surface area contributed by atoms with E-state index in [9.17, 15) is 0 Å². The van der Waals surface area contributed by atoms with Gasteiger partial charge < -0.3 is 15.2 Å². The van der Waals surface area contributed by atoms with Gasteiger partial charge >= 0.3 is 0 Å². The third-order valence-electron chi connectivity index (χ3n) is 4.12. The minimum Gasteiger partial charge on any atom is -0.380 e. The van der Waals surface area contributed by atoms with E-state index in [4.69, 9.17) is 15.2 Å². The smallest absolute Gasteiger partial charge is 0.0713 e. The molecule has 1 fully saturated rings. The maximum Gasteiger partial charge on any atom is 0.0713 e. The Labute approximate surface area is 128 Å². The summed E-state index contributed by atoms with van der Waals surface area (Å²) in [6.07, 6.45) is 2.68. The molecule has 1 aliphatic heterocycles. The van der Waals surface area contributed by atoms with Crippen LogP contribution in [-0.2, 0) is 16.1 Å². The van der Waals surface area contributed by atoms with E-state index in [-0.39, 0.29) is 6.04 Å². The van der Waals surface area contributed by atoms with E-state index in [1.807, 2.05) is 0 Å². The van der Waals surface area contributed by atoms with E-state index < -0.39 is 0 Å². The van der Waals surface area contributed by atoms with Gasteiger partial charge in [0.1, 0.15) is 0 Å². The minimum absolute atomic E-state index is 0.269. The van der Waals surface area contributed by atoms with Crippen molar-refractivity contribution in [1.82, 2.24) is 4.90 Å². The Hall–Kier alpha value is -0.940. The highest BCUT2D eigenvalue weighted by Gasteiger charge is 2.26. The van der Waals surface area contributed by atoms with Crippen LogP contribution in [0.5, 0.6) is 0 Å². The van der Waals surface area contributed by atoms with E-state index in [0.717, 1.165) is 26.1 Å². The number of rotatable bonds is 7. The molecule has 1 saturated heterocycles. The largest absolute Gasteiger partial charge is 0.380 e. The number of hydrogen-bond donors (Lipinski definition) is 1. The summed E-state index contributed by atoms with van der Waals surface area (Å²) in [6.45, 7) is 6.20. The van der Waals surface area contributed by atoms with Gasteiger partial charge in [-0.25, -0.2) is 0 Å². The lowest BCUT2D eigenvalue weighted by Crippen LogP contribution is -2.44. The quantitative estimate of drug-likeness (QED) is 0.838. The van der Waals surface area contributed by atoms with E-state index in [2.05, 4.69) is 36.1 Å². The fourth-order valence-electron chi connectivity index (χ4n) is 3.17. The third-order valence-corrected chi connectivity index (χ3v) is 4.12. The monoisotopic (exact) mass is 292 g/mol. The first kappa shape index (κ1) is 16.4. The van der Waals surface area contributed by atoms with Crippen LogP contribution in [0.15, 0.2) is 24.3 Å². The second-order valence-corrected chi connectivity index (χ2v) is 5.64. The van der Waals surface area contributed by atoms with Gasteiger partial charge in [-0.3, -0.25) is 4.90 Å². The van der Waals surface area contributed by atoms with Crippen molar-refractivity contribution in [3.8, 4) is 0 Å². The number of methoxy groups -OCH3 is 1. The summed E-state index contributed by atoms with van der Waals surface area (Å²) >= 11 is 0. The molecule has 1 aromatic rings. The van der Waals surface area contributed by atoms with Crippen LogP contribution < -0.4 is 5.73 Å². The molecule has 1 aromatic carbocycles. The summed E-state index contributed by atoms with van der Waals surface area (Å²) in [4.78, 5) is 2.47. The Morgan fingerprint density at radius 3 is 3.00 bits per heavy atom. The van der Waals surface area contributed by atoms with Crippen LogP contribution in [0.1, 0.15) is 36.9 Å². The normalized spacial score (nSPS) is 21.4. The van der Waals surface area contributed by atoms with Gasteiger partial charge in [-0.05, 0) is 37.4 Å². The molecular formula is C17H28N2O2. The first-order valence-corrected chi connectivity index (χ1v) is 7.92. The van der Waals surface area contributed by atoms with Crippen LogP contribution in [-0.4, -0.2) is 44.4 Å². The second-order valence-electron chi connectivity index (χ2n) is 5.64. The van der Waals surface area contributed by atoms with Gasteiger partial charge in [0.2, 0.25) is 0 Å². The molecule has 0 aliphatic carbocycles. The van der Waals surface area contributed by atoms with E-state index in [1.165, 1.54) is 17.5 Å². The summed E-state index contributed by atoms with van der Waals surface area (Å²) in [6, 6.07) is 8.84. The first-order valence-electron chi connectivity index (χ1n) is 7.92. The number of piperidine rings is 1. The van der Waals surface area contributed by atoms with Gasteiger partial charge in [0, 0.05) is 32.8 Å². The van der Waals surface area contributed by atoms with Gasteiger partial charge in [-0.15, -0.1) is 0 Å². The van der Waals surface area contributed by atoms with Crippen LogP contribution in [0.2, 0.25) is 0 Å². The zero-order chi connectivity index (χ0) is 15.1. The Balaban J connectivity index is 2.09. The van der Waals surface area contributed by atoms with E-state index in [0.29, 0.717) is 19.3 Å². The van der Waals surface area contributed by atoms with Crippen molar-refractivity contribution in [3.05, 3.63) is 35.4 Å². The molecular weight excluding hydrogens is 264 g/mol. The maximum absolute atomic E-state index is 6.07. The van der Waals surface area contributed by atoms with Gasteiger partial charge in [-0.1, -0.05) is 24.3 Å². The fourth-order valence-corrected chi connectivity index (χ4v) is 3.17. The standard InChI is InChI=1S/C17H28N2O2/c1-3-21-16-8-5-9-19(12-16)17(11-18)15-7-4-6-14(10-15)13-20-2/h4,6-7,10,16-17H,3,5,8-9,11-13,18H2,1-2H3. The molecule has 0 bridgehead atoms. The van der Waals surface area contributed by atoms with Gasteiger partial charge in [0.15, 0.2) is 0 Å². The highest BCUT2D eigenvalue weighted by molar-refractivity contribution is 5.26. The van der Waals surface area contributed by atoms with Crippen molar-refractivity contribution in [2.45, 2.75) is 38.5 Å². The Bertz CT molecular complexity index is 423. The van der Waals surface area contributed by atoms with Crippen LogP contribution >= 0.6 is 0 Å². The molecule has 0 aromatic heterocycles. The number of likely N-dealkylation sites (tertiary alicyclic amines) is 1. The van der Waals surface area contributed by atoms with Gasteiger partial charge in [-0.2, -0.15) is 0 Å². The molecule has 0 amide bonds. The SMILES string of the molecule is CCOC1CCCN(C(CN)c2cccc(COC)c2)C1. The zero-order valence-corrected chi connectivity index (χ0v) is 13.3. The van der Waals surface area contributed by atoms with Crippen LogP contribution in [0.25, 0.3) is 0 Å². The van der Waals surface area contributed by atoms with Crippen molar-refractivity contribution >= 4 is 0 Å². The molecule has 0 saturated carbocycles. The molecule has 4 heteroatoms. The molecule has 1 aliphatic rings. The lowest BCUT2D eigenvalue weighted by molar-refractivity contribution is -0.00661. The molecule has 21 heavy (non-hydrogen) atoms. The van der Waals surface area contributed by atoms with Gasteiger partial charge in [0.05, 0.1) is 12.7 Å². The second kappa shape index (κ2) is 8.49. The molecule has 118 valence electrons. The van der Waals surface area contributed by atoms with Crippen molar-refractivity contribution in [1.29, 1.82) is 0 Å². The summed E-state index contributed by atoms with van der Waals surface area (Å²) in [7, 11) is 1.73. The van der Waals surface area contributed by atoms with Crippen molar-refractivity contribution in [2.24, 2.45) is 5.73 Å². The first-order chi connectivity index (χ1) is 10.3. The molecule has 2 rings (SSSR count). The number of hydrogen-bond acceptors (Lipinski definition) is 4. The van der Waals surface area contributed by atoms with Crippen molar-refractivity contribution in [2.75, 3.05) is 33.4 Å². The Morgan fingerprint density at radius 1 is 1.43 bits per heavy atom. The molecule has 0 spiro atoms. The molecule has 2 unspecified atom stereocenters. The zero-order valence-electron chi connectivity index (χ0n) is 13.3. The third kappa shape index (κ3) is 4.51.